The second-order valence-corrected chi connectivity index (χ2v) is 4.60. The minimum atomic E-state index is -0.760. The number of rotatable bonds is 6. The normalized spacial score (nSPS) is 25.1. The van der Waals surface area contributed by atoms with Crippen LogP contribution in [-0.2, 0) is 4.79 Å². The Morgan fingerprint density at radius 3 is 2.25 bits per heavy atom. The van der Waals surface area contributed by atoms with E-state index in [4.69, 9.17) is 0 Å². The van der Waals surface area contributed by atoms with Crippen molar-refractivity contribution in [1.82, 2.24) is 4.90 Å². The highest BCUT2D eigenvalue weighted by Crippen LogP contribution is 2.13. The fourth-order valence-corrected chi connectivity index (χ4v) is 2.01. The number of aliphatic hydroxyl groups is 2. The summed E-state index contributed by atoms with van der Waals surface area (Å²) in [6.07, 6.45) is 4.67. The molecule has 0 aromatic carbocycles. The van der Waals surface area contributed by atoms with E-state index in [1.807, 2.05) is 0 Å². The summed E-state index contributed by atoms with van der Waals surface area (Å²) in [5.41, 5.74) is 0. The number of hydrogen-bond acceptors (Lipinski definition) is 3. The van der Waals surface area contributed by atoms with E-state index >= 15 is 0 Å². The van der Waals surface area contributed by atoms with Gasteiger partial charge in [0.2, 0.25) is 5.91 Å². The molecule has 1 heterocycles. The van der Waals surface area contributed by atoms with Gasteiger partial charge in [0.1, 0.15) is 0 Å². The summed E-state index contributed by atoms with van der Waals surface area (Å²) in [5.74, 6) is 0.0621. The summed E-state index contributed by atoms with van der Waals surface area (Å²) in [5, 5.41) is 18.6. The fourth-order valence-electron chi connectivity index (χ4n) is 2.01. The Morgan fingerprint density at radius 2 is 1.69 bits per heavy atom. The number of hydrogen-bond donors (Lipinski definition) is 2. The molecule has 0 aromatic heterocycles. The molecule has 1 fully saturated rings. The van der Waals surface area contributed by atoms with Crippen LogP contribution in [0.15, 0.2) is 0 Å². The van der Waals surface area contributed by atoms with Gasteiger partial charge in [-0.3, -0.25) is 4.79 Å². The molecular formula is C12H23NO3. The molecule has 0 saturated carbocycles. The number of unbranched alkanes of at least 4 members (excludes halogenated alkanes) is 4. The SMILES string of the molecule is CCCCCCCC(=O)N1C[C@@H](O)[C@@H](O)C1. The summed E-state index contributed by atoms with van der Waals surface area (Å²) in [6, 6.07) is 0. The van der Waals surface area contributed by atoms with Gasteiger partial charge >= 0.3 is 0 Å². The largest absolute Gasteiger partial charge is 0.388 e. The number of carbonyl (C=O) groups excluding carboxylic acids is 1. The van der Waals surface area contributed by atoms with Gasteiger partial charge in [0.05, 0.1) is 12.2 Å². The molecule has 0 radical (unpaired) electrons. The predicted octanol–water partition coefficient (Wildman–Crippen LogP) is 0.911. The number of carbonyl (C=O) groups is 1. The Balaban J connectivity index is 2.11. The van der Waals surface area contributed by atoms with Crippen LogP contribution >= 0.6 is 0 Å². The molecule has 94 valence electrons. The lowest BCUT2D eigenvalue weighted by Crippen LogP contribution is -2.29. The third kappa shape index (κ3) is 4.10. The summed E-state index contributed by atoms with van der Waals surface area (Å²) >= 11 is 0. The number of aliphatic hydroxyl groups excluding tert-OH is 2. The standard InChI is InChI=1S/C12H23NO3/c1-2-3-4-5-6-7-12(16)13-8-10(14)11(15)9-13/h10-11,14-15H,2-9H2,1H3/t10-,11+. The van der Waals surface area contributed by atoms with E-state index in [0.717, 1.165) is 12.8 Å². The van der Waals surface area contributed by atoms with Crippen molar-refractivity contribution in [3.63, 3.8) is 0 Å². The lowest BCUT2D eigenvalue weighted by molar-refractivity contribution is -0.130. The highest BCUT2D eigenvalue weighted by molar-refractivity contribution is 5.76. The van der Waals surface area contributed by atoms with Gasteiger partial charge < -0.3 is 15.1 Å². The van der Waals surface area contributed by atoms with Gasteiger partial charge in [-0.1, -0.05) is 32.6 Å². The van der Waals surface area contributed by atoms with Crippen molar-refractivity contribution in [2.45, 2.75) is 57.7 Å². The number of likely N-dealkylation sites (tertiary alicyclic amines) is 1. The van der Waals surface area contributed by atoms with E-state index in [2.05, 4.69) is 6.92 Å². The van der Waals surface area contributed by atoms with Gasteiger partial charge in [-0.05, 0) is 6.42 Å². The van der Waals surface area contributed by atoms with Gasteiger partial charge in [-0.15, -0.1) is 0 Å². The summed E-state index contributed by atoms with van der Waals surface area (Å²) in [4.78, 5) is 13.2. The fraction of sp³-hybridized carbons (Fsp3) is 0.917. The zero-order valence-electron chi connectivity index (χ0n) is 10.1. The van der Waals surface area contributed by atoms with Gasteiger partial charge in [0.15, 0.2) is 0 Å². The molecule has 4 heteroatoms. The zero-order valence-corrected chi connectivity index (χ0v) is 10.1. The van der Waals surface area contributed by atoms with Crippen molar-refractivity contribution in [2.75, 3.05) is 13.1 Å². The number of nitrogens with zero attached hydrogens (tertiary/aromatic N) is 1. The molecule has 1 saturated heterocycles. The Morgan fingerprint density at radius 1 is 1.12 bits per heavy atom. The summed E-state index contributed by atoms with van der Waals surface area (Å²) in [6.45, 7) is 2.74. The monoisotopic (exact) mass is 229 g/mol. The van der Waals surface area contributed by atoms with Crippen molar-refractivity contribution in [2.24, 2.45) is 0 Å². The molecule has 0 spiro atoms. The van der Waals surface area contributed by atoms with Gasteiger partial charge in [0.25, 0.3) is 0 Å². The second kappa shape index (κ2) is 6.86. The van der Waals surface area contributed by atoms with Crippen LogP contribution in [0.1, 0.15) is 45.4 Å². The molecule has 1 rings (SSSR count). The Bertz CT molecular complexity index is 210. The molecule has 4 nitrogen and oxygen atoms in total. The molecule has 1 aliphatic heterocycles. The Labute approximate surface area is 97.3 Å². The van der Waals surface area contributed by atoms with Crippen LogP contribution in [0.25, 0.3) is 0 Å². The van der Waals surface area contributed by atoms with Crippen molar-refractivity contribution in [1.29, 1.82) is 0 Å². The van der Waals surface area contributed by atoms with Crippen LogP contribution in [0, 0.1) is 0 Å². The van der Waals surface area contributed by atoms with E-state index in [-0.39, 0.29) is 19.0 Å². The molecule has 0 unspecified atom stereocenters. The molecule has 1 aliphatic rings. The topological polar surface area (TPSA) is 60.8 Å². The Kier molecular flexibility index (Phi) is 5.77. The van der Waals surface area contributed by atoms with Crippen molar-refractivity contribution in [3.05, 3.63) is 0 Å². The van der Waals surface area contributed by atoms with Crippen LogP contribution in [-0.4, -0.2) is 46.3 Å². The van der Waals surface area contributed by atoms with Crippen molar-refractivity contribution < 1.29 is 15.0 Å². The average molecular weight is 229 g/mol. The van der Waals surface area contributed by atoms with Crippen LogP contribution in [0.3, 0.4) is 0 Å². The summed E-state index contributed by atoms with van der Waals surface area (Å²) in [7, 11) is 0. The average Bonchev–Trinajstić information content (AvgIpc) is 2.59. The first-order valence-electron chi connectivity index (χ1n) is 6.29. The minimum absolute atomic E-state index is 0.0621. The van der Waals surface area contributed by atoms with Gasteiger partial charge in [-0.25, -0.2) is 0 Å². The molecule has 0 aliphatic carbocycles. The maximum Gasteiger partial charge on any atom is 0.222 e. The second-order valence-electron chi connectivity index (χ2n) is 4.60. The molecule has 2 N–H and O–H groups in total. The van der Waals surface area contributed by atoms with E-state index in [1.54, 1.807) is 4.90 Å². The smallest absolute Gasteiger partial charge is 0.222 e. The minimum Gasteiger partial charge on any atom is -0.388 e. The first kappa shape index (κ1) is 13.5. The zero-order chi connectivity index (χ0) is 12.0. The van der Waals surface area contributed by atoms with E-state index in [1.165, 1.54) is 19.3 Å². The Hall–Kier alpha value is -0.610. The third-order valence-corrected chi connectivity index (χ3v) is 3.11. The maximum atomic E-state index is 11.7. The highest BCUT2D eigenvalue weighted by Gasteiger charge is 2.31. The molecule has 16 heavy (non-hydrogen) atoms. The van der Waals surface area contributed by atoms with Crippen LogP contribution in [0.4, 0.5) is 0 Å². The van der Waals surface area contributed by atoms with Crippen molar-refractivity contribution >= 4 is 5.91 Å². The lowest BCUT2D eigenvalue weighted by atomic mass is 10.1. The number of amides is 1. The first-order valence-corrected chi connectivity index (χ1v) is 6.29. The molecule has 1 amide bonds. The highest BCUT2D eigenvalue weighted by atomic mass is 16.3. The molecule has 0 aromatic rings. The van der Waals surface area contributed by atoms with Crippen molar-refractivity contribution in [3.8, 4) is 0 Å². The van der Waals surface area contributed by atoms with E-state index in [9.17, 15) is 15.0 Å². The van der Waals surface area contributed by atoms with Crippen LogP contribution < -0.4 is 0 Å². The quantitative estimate of drug-likeness (QED) is 0.666. The molecular weight excluding hydrogens is 206 g/mol. The molecule has 0 bridgehead atoms. The maximum absolute atomic E-state index is 11.7. The van der Waals surface area contributed by atoms with E-state index in [0.29, 0.717) is 6.42 Å². The summed E-state index contributed by atoms with van der Waals surface area (Å²) < 4.78 is 0. The van der Waals surface area contributed by atoms with Gasteiger partial charge in [0, 0.05) is 19.5 Å². The van der Waals surface area contributed by atoms with E-state index < -0.39 is 12.2 Å². The van der Waals surface area contributed by atoms with Crippen LogP contribution in [0.5, 0.6) is 0 Å². The third-order valence-electron chi connectivity index (χ3n) is 3.11. The lowest BCUT2D eigenvalue weighted by Gasteiger charge is -2.14. The predicted molar refractivity (Wildman–Crippen MR) is 62.0 cm³/mol. The number of β-amino-alcohol motifs (C(OH)–C–C–N with tert-alkyl or cyclic N) is 2. The van der Waals surface area contributed by atoms with Gasteiger partial charge in [-0.2, -0.15) is 0 Å². The first-order chi connectivity index (χ1) is 7.65. The molecule has 2 atom stereocenters. The van der Waals surface area contributed by atoms with Crippen LogP contribution in [0.2, 0.25) is 0 Å².